The van der Waals surface area contributed by atoms with Gasteiger partial charge in [-0.15, -0.1) is 0 Å². The maximum absolute atomic E-state index is 5.81. The van der Waals surface area contributed by atoms with Gasteiger partial charge in [0.05, 0.1) is 18.7 Å². The van der Waals surface area contributed by atoms with Gasteiger partial charge >= 0.3 is 0 Å². The zero-order chi connectivity index (χ0) is 14.7. The van der Waals surface area contributed by atoms with Crippen molar-refractivity contribution in [3.05, 3.63) is 18.7 Å². The molecule has 3 aromatic rings. The summed E-state index contributed by atoms with van der Waals surface area (Å²) in [7, 11) is 0. The molecule has 0 atom stereocenters. The number of fused-ring (bicyclic) bond motifs is 1. The van der Waals surface area contributed by atoms with E-state index in [1.807, 2.05) is 13.1 Å². The molecule has 0 aliphatic heterocycles. The minimum atomic E-state index is 0.437. The average molecular weight is 287 g/mol. The monoisotopic (exact) mass is 287 g/mol. The van der Waals surface area contributed by atoms with Gasteiger partial charge in [-0.3, -0.25) is 4.68 Å². The summed E-state index contributed by atoms with van der Waals surface area (Å²) in [5.74, 6) is 1.58. The topological polar surface area (TPSA) is 93.5 Å². The number of aryl methyl sites for hydroxylation is 1. The third-order valence-electron chi connectivity index (χ3n) is 2.93. The van der Waals surface area contributed by atoms with E-state index in [-0.39, 0.29) is 0 Å². The van der Waals surface area contributed by atoms with Crippen LogP contribution < -0.4 is 10.1 Å². The summed E-state index contributed by atoms with van der Waals surface area (Å²) in [4.78, 5) is 15.9. The number of hydrogen-bond acceptors (Lipinski definition) is 6. The number of hydrogen-bond donors (Lipinski definition) is 2. The smallest absolute Gasteiger partial charge is 0.250 e. The zero-order valence-electron chi connectivity index (χ0n) is 12.0. The molecule has 0 amide bonds. The Hall–Kier alpha value is -2.64. The van der Waals surface area contributed by atoms with Crippen LogP contribution in [0.1, 0.15) is 20.3 Å². The van der Waals surface area contributed by atoms with E-state index in [2.05, 4.69) is 37.3 Å². The van der Waals surface area contributed by atoms with E-state index in [0.29, 0.717) is 28.7 Å². The quantitative estimate of drug-likeness (QED) is 0.721. The van der Waals surface area contributed by atoms with Gasteiger partial charge in [0.25, 0.3) is 5.88 Å². The fourth-order valence-corrected chi connectivity index (χ4v) is 1.88. The molecule has 3 heterocycles. The van der Waals surface area contributed by atoms with Crippen molar-refractivity contribution in [3.8, 4) is 11.6 Å². The van der Waals surface area contributed by atoms with Gasteiger partial charge in [-0.1, -0.05) is 6.92 Å². The molecule has 21 heavy (non-hydrogen) atoms. The highest BCUT2D eigenvalue weighted by Gasteiger charge is 2.12. The lowest BCUT2D eigenvalue weighted by Crippen LogP contribution is -2.05. The second-order valence-corrected chi connectivity index (χ2v) is 4.51. The largest absolute Gasteiger partial charge is 0.434 e. The van der Waals surface area contributed by atoms with Crippen LogP contribution in [-0.2, 0) is 6.54 Å². The maximum Gasteiger partial charge on any atom is 0.250 e. The molecule has 110 valence electrons. The molecule has 0 radical (unpaired) electrons. The molecule has 8 heteroatoms. The Morgan fingerprint density at radius 2 is 2.24 bits per heavy atom. The second-order valence-electron chi connectivity index (χ2n) is 4.51. The Balaban J connectivity index is 1.93. The molecule has 0 aliphatic carbocycles. The lowest BCUT2D eigenvalue weighted by Gasteiger charge is -2.06. The third kappa shape index (κ3) is 2.78. The van der Waals surface area contributed by atoms with Gasteiger partial charge in [0.15, 0.2) is 11.4 Å². The van der Waals surface area contributed by atoms with E-state index >= 15 is 0 Å². The van der Waals surface area contributed by atoms with E-state index in [0.717, 1.165) is 19.5 Å². The second kappa shape index (κ2) is 5.78. The zero-order valence-corrected chi connectivity index (χ0v) is 12.0. The molecule has 0 aliphatic rings. The van der Waals surface area contributed by atoms with Crippen LogP contribution in [-0.4, -0.2) is 36.3 Å². The summed E-state index contributed by atoms with van der Waals surface area (Å²) in [6.07, 6.45) is 6.04. The van der Waals surface area contributed by atoms with Crippen molar-refractivity contribution < 1.29 is 4.74 Å². The van der Waals surface area contributed by atoms with Crippen LogP contribution in [0, 0.1) is 0 Å². The van der Waals surface area contributed by atoms with Crippen LogP contribution in [0.5, 0.6) is 11.6 Å². The Labute approximate surface area is 121 Å². The normalized spacial score (nSPS) is 11.0. The lowest BCUT2D eigenvalue weighted by molar-refractivity contribution is 0.466. The number of aromatic amines is 1. The molecule has 2 N–H and O–H groups in total. The molecule has 0 bridgehead atoms. The minimum absolute atomic E-state index is 0.437. The molecular weight excluding hydrogens is 270 g/mol. The van der Waals surface area contributed by atoms with Crippen LogP contribution in [0.4, 0.5) is 5.95 Å². The first-order valence-electron chi connectivity index (χ1n) is 6.95. The van der Waals surface area contributed by atoms with Gasteiger partial charge in [-0.2, -0.15) is 15.1 Å². The number of H-pyrrole nitrogens is 1. The molecule has 0 saturated heterocycles. The number of nitrogens with zero attached hydrogens (tertiary/aromatic N) is 5. The highest BCUT2D eigenvalue weighted by atomic mass is 16.5. The predicted molar refractivity (Wildman–Crippen MR) is 78.4 cm³/mol. The standard InChI is InChI=1S/C13H17N7O/c1-3-5-14-13-18-11-10(15-8-16-11)12(19-13)21-9-6-17-20(4-2)7-9/h6-8H,3-5H2,1-2H3,(H2,14,15,16,18,19). The fraction of sp³-hybridized carbons (Fsp3) is 0.385. The first-order valence-corrected chi connectivity index (χ1v) is 6.95. The Morgan fingerprint density at radius 3 is 3.00 bits per heavy atom. The van der Waals surface area contributed by atoms with Gasteiger partial charge in [-0.25, -0.2) is 4.98 Å². The van der Waals surface area contributed by atoms with E-state index < -0.39 is 0 Å². The van der Waals surface area contributed by atoms with Crippen LogP contribution in [0.3, 0.4) is 0 Å². The number of rotatable bonds is 6. The van der Waals surface area contributed by atoms with Gasteiger partial charge in [0.2, 0.25) is 5.95 Å². The van der Waals surface area contributed by atoms with Crippen LogP contribution in [0.2, 0.25) is 0 Å². The summed E-state index contributed by atoms with van der Waals surface area (Å²) in [6, 6.07) is 0. The summed E-state index contributed by atoms with van der Waals surface area (Å²) in [5, 5.41) is 7.32. The first kappa shape index (κ1) is 13.3. The lowest BCUT2D eigenvalue weighted by atomic mass is 10.5. The molecule has 0 aromatic carbocycles. The summed E-state index contributed by atoms with van der Waals surface area (Å²) in [5.41, 5.74) is 1.24. The van der Waals surface area contributed by atoms with Crippen molar-refractivity contribution in [2.45, 2.75) is 26.8 Å². The summed E-state index contributed by atoms with van der Waals surface area (Å²) < 4.78 is 7.60. The fourth-order valence-electron chi connectivity index (χ4n) is 1.88. The molecule has 0 fully saturated rings. The number of nitrogens with one attached hydrogen (secondary N) is 2. The van der Waals surface area contributed by atoms with E-state index in [1.165, 1.54) is 0 Å². The summed E-state index contributed by atoms with van der Waals surface area (Å²) >= 11 is 0. The maximum atomic E-state index is 5.81. The number of aromatic nitrogens is 6. The van der Waals surface area contributed by atoms with Gasteiger partial charge in [-0.05, 0) is 13.3 Å². The molecule has 0 spiro atoms. The molecule has 3 rings (SSSR count). The van der Waals surface area contributed by atoms with E-state index in [9.17, 15) is 0 Å². The highest BCUT2D eigenvalue weighted by molar-refractivity contribution is 5.77. The highest BCUT2D eigenvalue weighted by Crippen LogP contribution is 2.26. The predicted octanol–water partition coefficient (Wildman–Crippen LogP) is 2.18. The number of imidazole rings is 1. The SMILES string of the molecule is CCCNc1nc(Oc2cnn(CC)c2)c2[nH]cnc2n1. The van der Waals surface area contributed by atoms with Crippen molar-refractivity contribution in [1.29, 1.82) is 0 Å². The van der Waals surface area contributed by atoms with Crippen LogP contribution >= 0.6 is 0 Å². The number of ether oxygens (including phenoxy) is 1. The summed E-state index contributed by atoms with van der Waals surface area (Å²) in [6.45, 7) is 5.68. The van der Waals surface area contributed by atoms with Crippen molar-refractivity contribution in [3.63, 3.8) is 0 Å². The molecular formula is C13H17N7O. The van der Waals surface area contributed by atoms with E-state index in [4.69, 9.17) is 4.74 Å². The molecule has 8 nitrogen and oxygen atoms in total. The van der Waals surface area contributed by atoms with Gasteiger partial charge in [0, 0.05) is 13.1 Å². The van der Waals surface area contributed by atoms with Crippen LogP contribution in [0.15, 0.2) is 18.7 Å². The average Bonchev–Trinajstić information content (AvgIpc) is 3.13. The van der Waals surface area contributed by atoms with Crippen molar-refractivity contribution >= 4 is 17.1 Å². The van der Waals surface area contributed by atoms with Crippen molar-refractivity contribution in [1.82, 2.24) is 29.7 Å². The molecule has 3 aromatic heterocycles. The van der Waals surface area contributed by atoms with Gasteiger partial charge in [0.1, 0.15) is 5.52 Å². The molecule has 0 saturated carbocycles. The van der Waals surface area contributed by atoms with Crippen molar-refractivity contribution in [2.24, 2.45) is 0 Å². The first-order chi connectivity index (χ1) is 10.3. The molecule has 0 unspecified atom stereocenters. The van der Waals surface area contributed by atoms with Crippen LogP contribution in [0.25, 0.3) is 11.2 Å². The minimum Gasteiger partial charge on any atom is -0.434 e. The Morgan fingerprint density at radius 1 is 1.33 bits per heavy atom. The van der Waals surface area contributed by atoms with Crippen molar-refractivity contribution in [2.75, 3.05) is 11.9 Å². The Kier molecular flexibility index (Phi) is 3.67. The van der Waals surface area contributed by atoms with Gasteiger partial charge < -0.3 is 15.0 Å². The number of anilines is 1. The third-order valence-corrected chi connectivity index (χ3v) is 2.93. The Bertz CT molecular complexity index is 733. The van der Waals surface area contributed by atoms with E-state index in [1.54, 1.807) is 17.2 Å².